The molecule has 2 heterocycles. The van der Waals surface area contributed by atoms with Gasteiger partial charge in [0.1, 0.15) is 11.9 Å². The fourth-order valence-corrected chi connectivity index (χ4v) is 3.50. The van der Waals surface area contributed by atoms with E-state index in [1.54, 1.807) is 17.6 Å². The van der Waals surface area contributed by atoms with Crippen LogP contribution in [-0.4, -0.2) is 36.1 Å². The number of fused-ring (bicyclic) bond motifs is 1. The molecule has 0 aliphatic heterocycles. The number of nitro groups is 1. The molecule has 0 radical (unpaired) electrons. The van der Waals surface area contributed by atoms with Crippen LogP contribution < -0.4 is 14.8 Å². The topological polar surface area (TPSA) is 128 Å². The van der Waals surface area contributed by atoms with Crippen molar-refractivity contribution >= 4 is 49.3 Å². The molecule has 2 aromatic heterocycles. The van der Waals surface area contributed by atoms with Crippen molar-refractivity contribution in [1.29, 1.82) is 0 Å². The molecule has 0 bridgehead atoms. The fraction of sp³-hybridized carbons (Fsp3) is 0.154. The molecule has 0 aliphatic rings. The minimum absolute atomic E-state index is 0.0859. The molecule has 2 N–H and O–H groups in total. The van der Waals surface area contributed by atoms with Gasteiger partial charge in [-0.05, 0) is 17.1 Å². The van der Waals surface area contributed by atoms with Gasteiger partial charge in [0.15, 0.2) is 0 Å². The third kappa shape index (κ3) is 3.49. The van der Waals surface area contributed by atoms with Crippen LogP contribution in [0.3, 0.4) is 0 Å². The zero-order valence-corrected chi connectivity index (χ0v) is 14.7. The van der Waals surface area contributed by atoms with Gasteiger partial charge < -0.3 is 20.2 Å². The van der Waals surface area contributed by atoms with Gasteiger partial charge in [0.2, 0.25) is 15.8 Å². The van der Waals surface area contributed by atoms with E-state index >= 15 is 0 Å². The van der Waals surface area contributed by atoms with Crippen molar-refractivity contribution in [3.05, 3.63) is 39.9 Å². The first kappa shape index (κ1) is 17.0. The first-order chi connectivity index (χ1) is 11.8. The van der Waals surface area contributed by atoms with E-state index in [1.165, 1.54) is 35.0 Å². The van der Waals surface area contributed by atoms with Crippen LogP contribution >= 0.6 is 11.3 Å². The second kappa shape index (κ2) is 6.22. The van der Waals surface area contributed by atoms with E-state index < -0.39 is 14.9 Å². The number of thiazole rings is 1. The van der Waals surface area contributed by atoms with Gasteiger partial charge in [-0.25, -0.2) is 8.42 Å². The van der Waals surface area contributed by atoms with Crippen LogP contribution in [0.5, 0.6) is 5.75 Å². The van der Waals surface area contributed by atoms with Gasteiger partial charge in [-0.1, -0.05) is 11.3 Å². The van der Waals surface area contributed by atoms with E-state index in [-0.39, 0.29) is 23.1 Å². The molecule has 3 aromatic rings. The maximum Gasteiger partial charge on any atom is 0.373 e. The van der Waals surface area contributed by atoms with Gasteiger partial charge in [0, 0.05) is 17.1 Å². The number of aromatic nitrogens is 2. The molecule has 0 aliphatic carbocycles. The molecular formula is C13H13N5O5S2. The van der Waals surface area contributed by atoms with Crippen LogP contribution in [-0.2, 0) is 10.0 Å². The Morgan fingerprint density at radius 2 is 2.16 bits per heavy atom. The third-order valence-electron chi connectivity index (χ3n) is 3.17. The lowest BCUT2D eigenvalue weighted by molar-refractivity contribution is -0.389. The Hall–Kier alpha value is -2.86. The van der Waals surface area contributed by atoms with Crippen molar-refractivity contribution in [2.75, 3.05) is 23.4 Å². The number of sulfonamides is 1. The Morgan fingerprint density at radius 1 is 1.40 bits per heavy atom. The number of hydrogen-bond donors (Lipinski definition) is 2. The van der Waals surface area contributed by atoms with Gasteiger partial charge >= 0.3 is 5.82 Å². The lowest BCUT2D eigenvalue weighted by Crippen LogP contribution is -2.10. The number of imidazole rings is 1. The summed E-state index contributed by atoms with van der Waals surface area (Å²) in [4.78, 5) is 15.5. The van der Waals surface area contributed by atoms with E-state index in [0.717, 1.165) is 6.26 Å². The van der Waals surface area contributed by atoms with Gasteiger partial charge in [-0.3, -0.25) is 4.72 Å². The molecule has 12 heteroatoms. The number of benzene rings is 1. The van der Waals surface area contributed by atoms with Gasteiger partial charge in [-0.2, -0.15) is 9.38 Å². The SMILES string of the molecule is COc1cc(Nc2nc3sccn3c2[N+](=O)[O-])ccc1NS(C)(=O)=O. The second-order valence-electron chi connectivity index (χ2n) is 5.01. The third-order valence-corrected chi connectivity index (χ3v) is 4.52. The number of nitrogens with one attached hydrogen (secondary N) is 2. The lowest BCUT2D eigenvalue weighted by Gasteiger charge is -2.12. The predicted octanol–water partition coefficient (Wildman–Crippen LogP) is 2.43. The molecule has 0 amide bonds. The lowest BCUT2D eigenvalue weighted by atomic mass is 10.2. The van der Waals surface area contributed by atoms with Gasteiger partial charge in [-0.15, -0.1) is 0 Å². The van der Waals surface area contributed by atoms with E-state index in [2.05, 4.69) is 15.0 Å². The highest BCUT2D eigenvalue weighted by Crippen LogP contribution is 2.33. The molecule has 25 heavy (non-hydrogen) atoms. The van der Waals surface area contributed by atoms with Crippen molar-refractivity contribution in [2.24, 2.45) is 0 Å². The summed E-state index contributed by atoms with van der Waals surface area (Å²) in [5.74, 6) is 0.162. The number of hydrogen-bond acceptors (Lipinski definition) is 8. The van der Waals surface area contributed by atoms with Crippen LogP contribution in [0, 0.1) is 10.1 Å². The van der Waals surface area contributed by atoms with Crippen LogP contribution in [0.4, 0.5) is 23.0 Å². The molecule has 1 aromatic carbocycles. The van der Waals surface area contributed by atoms with Crippen LogP contribution in [0.15, 0.2) is 29.8 Å². The summed E-state index contributed by atoms with van der Waals surface area (Å²) in [6.07, 6.45) is 2.59. The number of ether oxygens (including phenoxy) is 1. The van der Waals surface area contributed by atoms with Crippen LogP contribution in [0.1, 0.15) is 0 Å². The van der Waals surface area contributed by atoms with Crippen molar-refractivity contribution in [3.63, 3.8) is 0 Å². The molecule has 10 nitrogen and oxygen atoms in total. The molecule has 0 saturated heterocycles. The summed E-state index contributed by atoms with van der Waals surface area (Å²) < 4.78 is 31.6. The summed E-state index contributed by atoms with van der Waals surface area (Å²) in [6, 6.07) is 4.57. The monoisotopic (exact) mass is 383 g/mol. The summed E-state index contributed by atoms with van der Waals surface area (Å²) in [6.45, 7) is 0. The van der Waals surface area contributed by atoms with E-state index in [1.807, 2.05) is 0 Å². The zero-order chi connectivity index (χ0) is 18.2. The number of rotatable bonds is 6. The number of anilines is 3. The summed E-state index contributed by atoms with van der Waals surface area (Å²) in [5, 5.41) is 15.9. The Morgan fingerprint density at radius 3 is 2.80 bits per heavy atom. The quantitative estimate of drug-likeness (QED) is 0.494. The highest BCUT2D eigenvalue weighted by molar-refractivity contribution is 7.92. The molecule has 132 valence electrons. The maximum absolute atomic E-state index is 11.4. The normalized spacial score (nSPS) is 11.4. The van der Waals surface area contributed by atoms with Crippen molar-refractivity contribution in [2.45, 2.75) is 0 Å². The van der Waals surface area contributed by atoms with E-state index in [0.29, 0.717) is 10.6 Å². The van der Waals surface area contributed by atoms with Crippen LogP contribution in [0.25, 0.3) is 4.96 Å². The molecule has 0 fully saturated rings. The summed E-state index contributed by atoms with van der Waals surface area (Å²) in [5.41, 5.74) is 0.723. The van der Waals surface area contributed by atoms with E-state index in [9.17, 15) is 18.5 Å². The fourth-order valence-electron chi connectivity index (χ4n) is 2.22. The zero-order valence-electron chi connectivity index (χ0n) is 13.1. The Kier molecular flexibility index (Phi) is 4.22. The van der Waals surface area contributed by atoms with Gasteiger partial charge in [0.05, 0.1) is 19.1 Å². The average Bonchev–Trinajstić information content (AvgIpc) is 3.07. The van der Waals surface area contributed by atoms with Gasteiger partial charge in [0.25, 0.3) is 4.96 Å². The Labute approximate surface area is 146 Å². The largest absolute Gasteiger partial charge is 0.494 e. The smallest absolute Gasteiger partial charge is 0.373 e. The van der Waals surface area contributed by atoms with E-state index in [4.69, 9.17) is 4.74 Å². The minimum Gasteiger partial charge on any atom is -0.494 e. The Balaban J connectivity index is 1.97. The first-order valence-electron chi connectivity index (χ1n) is 6.81. The number of methoxy groups -OCH3 is 1. The average molecular weight is 383 g/mol. The molecule has 0 spiro atoms. The first-order valence-corrected chi connectivity index (χ1v) is 9.58. The Bertz CT molecular complexity index is 1060. The van der Waals surface area contributed by atoms with Crippen molar-refractivity contribution in [1.82, 2.24) is 9.38 Å². The maximum atomic E-state index is 11.4. The minimum atomic E-state index is -3.46. The summed E-state index contributed by atoms with van der Waals surface area (Å²) in [7, 11) is -2.07. The molecule has 3 rings (SSSR count). The molecule has 0 unspecified atom stereocenters. The molecule has 0 saturated carbocycles. The highest BCUT2D eigenvalue weighted by atomic mass is 32.2. The predicted molar refractivity (Wildman–Crippen MR) is 94.5 cm³/mol. The van der Waals surface area contributed by atoms with Crippen molar-refractivity contribution < 1.29 is 18.1 Å². The second-order valence-corrected chi connectivity index (χ2v) is 7.63. The highest BCUT2D eigenvalue weighted by Gasteiger charge is 2.24. The number of nitrogens with zero attached hydrogens (tertiary/aromatic N) is 3. The van der Waals surface area contributed by atoms with Crippen molar-refractivity contribution in [3.8, 4) is 5.75 Å². The standard InChI is InChI=1S/C13H13N5O5S2/c1-23-10-7-8(3-4-9(10)16-25(2,21)22)14-11-12(18(19)20)17-5-6-24-13(17)15-11/h3-7,14,16H,1-2H3. The summed E-state index contributed by atoms with van der Waals surface area (Å²) >= 11 is 1.27. The molecular weight excluding hydrogens is 370 g/mol. The molecule has 0 atom stereocenters. The van der Waals surface area contributed by atoms with Crippen LogP contribution in [0.2, 0.25) is 0 Å².